The van der Waals surface area contributed by atoms with Gasteiger partial charge < -0.3 is 44.0 Å². The summed E-state index contributed by atoms with van der Waals surface area (Å²) in [5, 5.41) is 0. The van der Waals surface area contributed by atoms with E-state index in [-0.39, 0.29) is 32.0 Å². The van der Waals surface area contributed by atoms with Crippen LogP contribution in [-0.4, -0.2) is 11.0 Å². The van der Waals surface area contributed by atoms with Gasteiger partial charge in [0.05, 0.1) is 15.6 Å². The molecule has 4 N–H and O–H groups in total. The maximum atomic E-state index is 9.32. The molecular weight excluding hydrogens is 401 g/mol. The van der Waals surface area contributed by atoms with E-state index in [4.69, 9.17) is 0 Å². The Morgan fingerprint density at radius 1 is 0.833 bits per heavy atom. The van der Waals surface area contributed by atoms with E-state index in [1.165, 1.54) is 0 Å². The van der Waals surface area contributed by atoms with Gasteiger partial charge in [-0.25, -0.2) is 0 Å². The molecule has 0 bridgehead atoms. The van der Waals surface area contributed by atoms with Crippen molar-refractivity contribution in [2.75, 3.05) is 0 Å². The van der Waals surface area contributed by atoms with Crippen LogP contribution in [0.1, 0.15) is 0 Å². The van der Waals surface area contributed by atoms with Crippen molar-refractivity contribution in [1.29, 1.82) is 0 Å². The smallest absolute Gasteiger partial charge is 0.790 e. The fraction of sp³-hybridized carbons (Fsp3) is 0. The topological polar surface area (TPSA) is 199 Å². The predicted octanol–water partition coefficient (Wildman–Crippen LogP) is -4.99. The van der Waals surface area contributed by atoms with Gasteiger partial charge in [-0.1, -0.05) is 0 Å². The van der Waals surface area contributed by atoms with E-state index in [0.29, 0.717) is 0 Å². The summed E-state index contributed by atoms with van der Waals surface area (Å²) in [6.07, 6.45) is 0. The fourth-order valence-corrected chi connectivity index (χ4v) is 1.10. The average Bonchev–Trinajstić information content (AvgIpc) is 1.14. The van der Waals surface area contributed by atoms with Gasteiger partial charge in [0.1, 0.15) is 0 Å². The summed E-state index contributed by atoms with van der Waals surface area (Å²) in [7, 11) is -11.4. The van der Waals surface area contributed by atoms with Crippen LogP contribution in [0.4, 0.5) is 0 Å². The summed E-state index contributed by atoms with van der Waals surface area (Å²) >= 11 is 0. The largest absolute Gasteiger partial charge is 4.00 e. The Bertz CT molecular complexity index is 153. The third kappa shape index (κ3) is 22.4. The van der Waals surface area contributed by atoms with Crippen molar-refractivity contribution in [3.8, 4) is 0 Å². The third-order valence-corrected chi connectivity index (χ3v) is 1.80. The molecule has 0 aromatic carbocycles. The van der Waals surface area contributed by atoms with E-state index in [2.05, 4.69) is 4.31 Å². The standard InChI is InChI=1S/H4O7P2.2H2O.Pt/c1-8(2,3)7-9(4,5)6;;;/h(H2,1,2,3)(H2,4,5,6);2*1H2;/q;;;+4/p-4. The predicted molar refractivity (Wildman–Crippen MR) is 23.5 cm³/mol. The van der Waals surface area contributed by atoms with Crippen molar-refractivity contribution in [2.24, 2.45) is 0 Å². The van der Waals surface area contributed by atoms with E-state index in [1.54, 1.807) is 0 Å². The monoisotopic (exact) mass is 405 g/mol. The zero-order valence-electron chi connectivity index (χ0n) is 5.07. The molecule has 0 radical (unpaired) electrons. The molecule has 0 unspecified atom stereocenters. The molecule has 0 fully saturated rings. The van der Waals surface area contributed by atoms with Crippen LogP contribution in [0, 0.1) is 0 Å². The molecule has 0 saturated carbocycles. The van der Waals surface area contributed by atoms with Gasteiger partial charge in [-0.3, -0.25) is 0 Å². The minimum atomic E-state index is -5.68. The van der Waals surface area contributed by atoms with Gasteiger partial charge in [0.2, 0.25) is 0 Å². The molecular formula is H4O9P2Pt. The minimum absolute atomic E-state index is 0. The molecule has 9 nitrogen and oxygen atoms in total. The Morgan fingerprint density at radius 2 is 1.00 bits per heavy atom. The number of hydrogen-bond donors (Lipinski definition) is 0. The van der Waals surface area contributed by atoms with Crippen LogP contribution in [0.25, 0.3) is 0 Å². The van der Waals surface area contributed by atoms with Crippen molar-refractivity contribution in [2.45, 2.75) is 0 Å². The molecule has 0 aliphatic carbocycles. The Balaban J connectivity index is -0.000000107. The molecule has 0 aliphatic heterocycles. The van der Waals surface area contributed by atoms with Gasteiger partial charge in [-0.2, -0.15) is 0 Å². The second kappa shape index (κ2) is 7.29. The van der Waals surface area contributed by atoms with Crippen LogP contribution in [0.3, 0.4) is 0 Å². The van der Waals surface area contributed by atoms with Crippen molar-refractivity contribution in [1.82, 2.24) is 0 Å². The number of phosphoric acid groups is 2. The van der Waals surface area contributed by atoms with Gasteiger partial charge in [-0.15, -0.1) is 0 Å². The van der Waals surface area contributed by atoms with Crippen LogP contribution < -0.4 is 19.6 Å². The quantitative estimate of drug-likeness (QED) is 0.410. The molecule has 0 heterocycles. The van der Waals surface area contributed by atoms with Crippen molar-refractivity contribution in [3.05, 3.63) is 0 Å². The summed E-state index contributed by atoms with van der Waals surface area (Å²) in [6, 6.07) is 0. The first-order valence-corrected chi connectivity index (χ1v) is 4.38. The second-order valence-corrected chi connectivity index (χ2v) is 3.42. The molecule has 0 spiro atoms. The van der Waals surface area contributed by atoms with Gasteiger partial charge >= 0.3 is 21.1 Å². The van der Waals surface area contributed by atoms with Gasteiger partial charge in [-0.05, 0) is 0 Å². The summed E-state index contributed by atoms with van der Waals surface area (Å²) in [5.74, 6) is 0. The fourth-order valence-electron chi connectivity index (χ4n) is 0.122. The van der Waals surface area contributed by atoms with Crippen molar-refractivity contribution >= 4 is 15.6 Å². The molecule has 12 heavy (non-hydrogen) atoms. The third-order valence-electron chi connectivity index (χ3n) is 0.200. The van der Waals surface area contributed by atoms with Gasteiger partial charge in [0.25, 0.3) is 0 Å². The summed E-state index contributed by atoms with van der Waals surface area (Å²) in [5.41, 5.74) is 0. The Morgan fingerprint density at radius 3 is 1.00 bits per heavy atom. The zero-order chi connectivity index (χ0) is 7.71. The van der Waals surface area contributed by atoms with Crippen molar-refractivity contribution < 1.29 is 65.0 Å². The van der Waals surface area contributed by atoms with Crippen LogP contribution in [-0.2, 0) is 34.5 Å². The summed E-state index contributed by atoms with van der Waals surface area (Å²) in [6.45, 7) is 0. The van der Waals surface area contributed by atoms with Crippen LogP contribution >= 0.6 is 15.6 Å². The first-order chi connectivity index (χ1) is 3.71. The van der Waals surface area contributed by atoms with Gasteiger partial charge in [0.15, 0.2) is 0 Å². The average molecular weight is 405 g/mol. The van der Waals surface area contributed by atoms with Crippen LogP contribution in [0.2, 0.25) is 0 Å². The molecule has 0 atom stereocenters. The second-order valence-electron chi connectivity index (χ2n) is 0.976. The van der Waals surface area contributed by atoms with E-state index in [9.17, 15) is 28.7 Å². The number of hydrogen-bond acceptors (Lipinski definition) is 7. The normalized spacial score (nSPS) is 10.3. The van der Waals surface area contributed by atoms with Crippen LogP contribution in [0.5, 0.6) is 0 Å². The first kappa shape index (κ1) is 23.0. The maximum absolute atomic E-state index is 9.32. The molecule has 0 aromatic rings. The minimum Gasteiger partial charge on any atom is -0.790 e. The Hall–Kier alpha value is 0.868. The molecule has 0 rings (SSSR count). The van der Waals surface area contributed by atoms with Crippen molar-refractivity contribution in [3.63, 3.8) is 0 Å². The maximum Gasteiger partial charge on any atom is 4.00 e. The zero-order valence-corrected chi connectivity index (χ0v) is 9.13. The summed E-state index contributed by atoms with van der Waals surface area (Å²) in [4.78, 5) is 37.3. The van der Waals surface area contributed by atoms with Gasteiger partial charge in [0, 0.05) is 0 Å². The first-order valence-electron chi connectivity index (χ1n) is 1.46. The number of rotatable bonds is 2. The molecule has 0 aliphatic rings. The molecule has 0 aromatic heterocycles. The van der Waals surface area contributed by atoms with E-state index in [1.807, 2.05) is 0 Å². The molecule has 0 amide bonds. The van der Waals surface area contributed by atoms with E-state index < -0.39 is 15.6 Å². The Labute approximate surface area is 81.1 Å². The Kier molecular flexibility index (Phi) is 14.0. The van der Waals surface area contributed by atoms with E-state index >= 15 is 0 Å². The van der Waals surface area contributed by atoms with Crippen LogP contribution in [0.15, 0.2) is 0 Å². The van der Waals surface area contributed by atoms with E-state index in [0.717, 1.165) is 0 Å². The molecule has 78 valence electrons. The molecule has 0 saturated heterocycles. The SMILES string of the molecule is O.O.O=P([O-])([O-])OP(=O)([O-])[O-].[Pt+4]. The summed E-state index contributed by atoms with van der Waals surface area (Å²) < 4.78 is 21.2. The molecule has 12 heteroatoms.